The molecule has 0 aromatic heterocycles. The van der Waals surface area contributed by atoms with E-state index in [1.807, 2.05) is 0 Å². The van der Waals surface area contributed by atoms with E-state index in [1.54, 1.807) is 25.9 Å². The van der Waals surface area contributed by atoms with Gasteiger partial charge in [0, 0.05) is 19.5 Å². The molecule has 4 bridgehead atoms. The number of likely N-dealkylation sites (N-methyl/N-ethyl adjacent to an activating group) is 1. The molecule has 4 nitrogen and oxygen atoms in total. The number of hydrogen-bond donors (Lipinski definition) is 1. The molecule has 0 saturated heterocycles. The smallest absolute Gasteiger partial charge is 0.244 e. The molecular weight excluding hydrogens is 252 g/mol. The highest BCUT2D eigenvalue weighted by Crippen LogP contribution is 2.60. The second-order valence-corrected chi connectivity index (χ2v) is 7.63. The number of rotatable bonds is 3. The highest BCUT2D eigenvalue weighted by molar-refractivity contribution is 5.90. The number of amides is 2. The molecule has 4 heteroatoms. The summed E-state index contributed by atoms with van der Waals surface area (Å²) in [5.74, 6) is 2.38. The number of nitrogens with zero attached hydrogens (tertiary/aromatic N) is 1. The molecule has 4 saturated carbocycles. The first-order valence-corrected chi connectivity index (χ1v) is 7.92. The van der Waals surface area contributed by atoms with E-state index < -0.39 is 6.04 Å². The summed E-state index contributed by atoms with van der Waals surface area (Å²) in [6.07, 6.45) is 7.14. The molecule has 1 N–H and O–H groups in total. The van der Waals surface area contributed by atoms with E-state index in [2.05, 4.69) is 5.32 Å². The average molecular weight is 278 g/mol. The Bertz CT molecular complexity index is 395. The summed E-state index contributed by atoms with van der Waals surface area (Å²) in [5, 5.41) is 2.99. The van der Waals surface area contributed by atoms with Gasteiger partial charge in [-0.15, -0.1) is 0 Å². The van der Waals surface area contributed by atoms with Crippen molar-refractivity contribution in [2.75, 3.05) is 14.1 Å². The van der Waals surface area contributed by atoms with Gasteiger partial charge in [-0.25, -0.2) is 0 Å². The Kier molecular flexibility index (Phi) is 3.30. The molecule has 4 aliphatic carbocycles. The van der Waals surface area contributed by atoms with Gasteiger partial charge in [-0.1, -0.05) is 0 Å². The summed E-state index contributed by atoms with van der Waals surface area (Å²) >= 11 is 0. The van der Waals surface area contributed by atoms with Crippen LogP contribution in [-0.4, -0.2) is 36.9 Å². The highest BCUT2D eigenvalue weighted by atomic mass is 16.2. The molecule has 2 amide bonds. The van der Waals surface area contributed by atoms with E-state index >= 15 is 0 Å². The van der Waals surface area contributed by atoms with Crippen molar-refractivity contribution >= 4 is 11.8 Å². The highest BCUT2D eigenvalue weighted by Gasteiger charge is 2.54. The van der Waals surface area contributed by atoms with Crippen LogP contribution in [0.4, 0.5) is 0 Å². The van der Waals surface area contributed by atoms with Crippen LogP contribution in [0.2, 0.25) is 0 Å². The van der Waals surface area contributed by atoms with Crippen LogP contribution in [0, 0.1) is 23.2 Å². The molecule has 0 heterocycles. The SMILES string of the molecule is C[C@H](NC(=O)C12CC3CC(CC(C3)C1)C2)C(=O)N(C)C. The Morgan fingerprint density at radius 1 is 1.05 bits per heavy atom. The molecule has 4 fully saturated rings. The molecule has 112 valence electrons. The fourth-order valence-electron chi connectivity index (χ4n) is 5.19. The zero-order valence-corrected chi connectivity index (χ0v) is 12.8. The maximum absolute atomic E-state index is 12.8. The second-order valence-electron chi connectivity index (χ2n) is 7.63. The summed E-state index contributed by atoms with van der Waals surface area (Å²) in [6, 6.07) is -0.412. The van der Waals surface area contributed by atoms with Crippen molar-refractivity contribution in [2.24, 2.45) is 23.2 Å². The minimum absolute atomic E-state index is 0.0249. The molecule has 0 aromatic carbocycles. The monoisotopic (exact) mass is 278 g/mol. The van der Waals surface area contributed by atoms with Gasteiger partial charge in [-0.2, -0.15) is 0 Å². The lowest BCUT2D eigenvalue weighted by Gasteiger charge is -2.55. The van der Waals surface area contributed by atoms with Gasteiger partial charge in [0.25, 0.3) is 0 Å². The third-order valence-electron chi connectivity index (χ3n) is 5.68. The lowest BCUT2D eigenvalue weighted by atomic mass is 9.49. The predicted molar refractivity (Wildman–Crippen MR) is 76.9 cm³/mol. The van der Waals surface area contributed by atoms with Crippen molar-refractivity contribution in [3.8, 4) is 0 Å². The number of nitrogens with one attached hydrogen (secondary N) is 1. The Morgan fingerprint density at radius 3 is 1.90 bits per heavy atom. The molecule has 0 aromatic rings. The molecule has 1 atom stereocenters. The van der Waals surface area contributed by atoms with Gasteiger partial charge in [0.2, 0.25) is 11.8 Å². The first-order chi connectivity index (χ1) is 9.39. The number of carbonyl (C=O) groups is 2. The number of hydrogen-bond acceptors (Lipinski definition) is 2. The fourth-order valence-corrected chi connectivity index (χ4v) is 5.19. The van der Waals surface area contributed by atoms with Gasteiger partial charge in [0.15, 0.2) is 0 Å². The van der Waals surface area contributed by atoms with Crippen LogP contribution in [-0.2, 0) is 9.59 Å². The van der Waals surface area contributed by atoms with E-state index in [-0.39, 0.29) is 17.2 Å². The Morgan fingerprint density at radius 2 is 1.50 bits per heavy atom. The van der Waals surface area contributed by atoms with Crippen LogP contribution in [0.5, 0.6) is 0 Å². The van der Waals surface area contributed by atoms with Crippen molar-refractivity contribution in [1.82, 2.24) is 10.2 Å². The minimum atomic E-state index is -0.412. The Balaban J connectivity index is 1.69. The van der Waals surface area contributed by atoms with Gasteiger partial charge in [-0.05, 0) is 63.2 Å². The number of carbonyl (C=O) groups excluding carboxylic acids is 2. The first-order valence-electron chi connectivity index (χ1n) is 7.92. The minimum Gasteiger partial charge on any atom is -0.347 e. The molecular formula is C16H26N2O2. The van der Waals surface area contributed by atoms with Gasteiger partial charge in [0.1, 0.15) is 6.04 Å². The van der Waals surface area contributed by atoms with Crippen molar-refractivity contribution in [3.63, 3.8) is 0 Å². The van der Waals surface area contributed by atoms with E-state index in [1.165, 1.54) is 19.3 Å². The standard InChI is InChI=1S/C16H26N2O2/c1-10(14(19)18(2)3)17-15(20)16-7-11-4-12(8-16)6-13(5-11)9-16/h10-13H,4-9H2,1-3H3,(H,17,20)/t10-,11?,12?,13?,16?/m0/s1. The van der Waals surface area contributed by atoms with Crippen LogP contribution >= 0.6 is 0 Å². The fraction of sp³-hybridized carbons (Fsp3) is 0.875. The van der Waals surface area contributed by atoms with Crippen molar-refractivity contribution in [2.45, 2.75) is 51.5 Å². The van der Waals surface area contributed by atoms with Crippen LogP contribution in [0.25, 0.3) is 0 Å². The second kappa shape index (κ2) is 4.74. The van der Waals surface area contributed by atoms with Crippen molar-refractivity contribution < 1.29 is 9.59 Å². The largest absolute Gasteiger partial charge is 0.347 e. The van der Waals surface area contributed by atoms with Gasteiger partial charge >= 0.3 is 0 Å². The third-order valence-corrected chi connectivity index (χ3v) is 5.68. The van der Waals surface area contributed by atoms with Gasteiger partial charge in [-0.3, -0.25) is 9.59 Å². The molecule has 0 radical (unpaired) electrons. The normalized spacial score (nSPS) is 39.5. The molecule has 0 spiro atoms. The Hall–Kier alpha value is -1.06. The maximum atomic E-state index is 12.8. The summed E-state index contributed by atoms with van der Waals surface area (Å²) in [4.78, 5) is 26.2. The zero-order valence-electron chi connectivity index (χ0n) is 12.8. The van der Waals surface area contributed by atoms with Crippen LogP contribution < -0.4 is 5.32 Å². The maximum Gasteiger partial charge on any atom is 0.244 e. The molecule has 20 heavy (non-hydrogen) atoms. The van der Waals surface area contributed by atoms with E-state index in [4.69, 9.17) is 0 Å². The van der Waals surface area contributed by atoms with Crippen LogP contribution in [0.1, 0.15) is 45.4 Å². The average Bonchev–Trinajstić information content (AvgIpc) is 2.35. The van der Waals surface area contributed by atoms with Gasteiger partial charge in [0.05, 0.1) is 0 Å². The van der Waals surface area contributed by atoms with Crippen LogP contribution in [0.3, 0.4) is 0 Å². The molecule has 4 aliphatic rings. The summed E-state index contributed by atoms with van der Waals surface area (Å²) in [6.45, 7) is 1.79. The van der Waals surface area contributed by atoms with E-state index in [0.29, 0.717) is 0 Å². The quantitative estimate of drug-likeness (QED) is 0.855. The third kappa shape index (κ3) is 2.23. The van der Waals surface area contributed by atoms with Crippen LogP contribution in [0.15, 0.2) is 0 Å². The van der Waals surface area contributed by atoms with Crippen molar-refractivity contribution in [1.29, 1.82) is 0 Å². The van der Waals surface area contributed by atoms with Crippen molar-refractivity contribution in [3.05, 3.63) is 0 Å². The Labute approximate surface area is 121 Å². The zero-order chi connectivity index (χ0) is 14.5. The lowest BCUT2D eigenvalue weighted by molar-refractivity contribution is -0.149. The van der Waals surface area contributed by atoms with E-state index in [9.17, 15) is 9.59 Å². The molecule has 0 aliphatic heterocycles. The van der Waals surface area contributed by atoms with E-state index in [0.717, 1.165) is 37.0 Å². The topological polar surface area (TPSA) is 49.4 Å². The first kappa shape index (κ1) is 13.9. The van der Waals surface area contributed by atoms with Gasteiger partial charge < -0.3 is 10.2 Å². The predicted octanol–water partition coefficient (Wildman–Crippen LogP) is 1.80. The summed E-state index contributed by atoms with van der Waals surface area (Å²) in [7, 11) is 3.46. The summed E-state index contributed by atoms with van der Waals surface area (Å²) < 4.78 is 0. The molecule has 4 rings (SSSR count). The summed E-state index contributed by atoms with van der Waals surface area (Å²) in [5.41, 5.74) is -0.157. The molecule has 0 unspecified atom stereocenters. The lowest BCUT2D eigenvalue weighted by Crippen LogP contribution is -2.56.